The molecule has 0 atom stereocenters. The molecule has 0 radical (unpaired) electrons. The second-order valence-electron chi connectivity index (χ2n) is 5.72. The highest BCUT2D eigenvalue weighted by Gasteiger charge is 2.16. The number of amides is 1. The maximum absolute atomic E-state index is 12.3. The van der Waals surface area contributed by atoms with Crippen molar-refractivity contribution in [2.45, 2.75) is 10.6 Å². The summed E-state index contributed by atoms with van der Waals surface area (Å²) in [4.78, 5) is 15.9. The van der Waals surface area contributed by atoms with Crippen molar-refractivity contribution in [1.29, 1.82) is 0 Å². The van der Waals surface area contributed by atoms with Crippen LogP contribution < -0.4 is 10.6 Å². The minimum Gasteiger partial charge on any atom is -0.459 e. The van der Waals surface area contributed by atoms with Crippen molar-refractivity contribution < 1.29 is 9.21 Å². The molecule has 0 unspecified atom stereocenters. The SMILES string of the molecule is Cl.O=C(NCCN1CCNCC1)c1occc1CSc1ccccc1. The quantitative estimate of drug-likeness (QED) is 0.722. The summed E-state index contributed by atoms with van der Waals surface area (Å²) in [6.45, 7) is 5.64. The maximum atomic E-state index is 12.3. The second kappa shape index (κ2) is 10.5. The molecule has 1 aromatic carbocycles. The number of piperazine rings is 1. The van der Waals surface area contributed by atoms with Crippen molar-refractivity contribution in [3.8, 4) is 0 Å². The fourth-order valence-electron chi connectivity index (χ4n) is 2.67. The summed E-state index contributed by atoms with van der Waals surface area (Å²) in [7, 11) is 0. The van der Waals surface area contributed by atoms with Gasteiger partial charge in [-0.25, -0.2) is 0 Å². The molecular weight excluding hydrogens is 358 g/mol. The average Bonchev–Trinajstić information content (AvgIpc) is 3.10. The van der Waals surface area contributed by atoms with Crippen LogP contribution in [0.15, 0.2) is 52.0 Å². The van der Waals surface area contributed by atoms with Gasteiger partial charge in [-0.2, -0.15) is 0 Å². The molecule has 0 aliphatic carbocycles. The molecule has 3 rings (SSSR count). The van der Waals surface area contributed by atoms with Crippen LogP contribution in [-0.4, -0.2) is 50.1 Å². The number of benzene rings is 1. The van der Waals surface area contributed by atoms with Crippen LogP contribution in [0.1, 0.15) is 16.1 Å². The molecule has 1 saturated heterocycles. The number of nitrogens with one attached hydrogen (secondary N) is 2. The number of halogens is 1. The monoisotopic (exact) mass is 381 g/mol. The van der Waals surface area contributed by atoms with E-state index in [0.717, 1.165) is 44.0 Å². The Morgan fingerprint density at radius 2 is 1.96 bits per heavy atom. The first-order valence-electron chi connectivity index (χ1n) is 8.28. The van der Waals surface area contributed by atoms with Gasteiger partial charge in [0.25, 0.3) is 5.91 Å². The van der Waals surface area contributed by atoms with Gasteiger partial charge in [0.2, 0.25) is 0 Å². The number of carbonyl (C=O) groups is 1. The smallest absolute Gasteiger partial charge is 0.287 e. The van der Waals surface area contributed by atoms with Crippen LogP contribution in [0.25, 0.3) is 0 Å². The van der Waals surface area contributed by atoms with E-state index in [0.29, 0.717) is 12.3 Å². The van der Waals surface area contributed by atoms with Gasteiger partial charge in [0.05, 0.1) is 6.26 Å². The number of nitrogens with zero attached hydrogens (tertiary/aromatic N) is 1. The molecule has 1 aliphatic rings. The van der Waals surface area contributed by atoms with Crippen LogP contribution in [0, 0.1) is 0 Å². The zero-order valence-corrected chi connectivity index (χ0v) is 15.7. The number of rotatable bonds is 7. The standard InChI is InChI=1S/C18H23N3O2S.ClH/c22-18(20-9-12-21-10-7-19-8-11-21)17-15(6-13-23-17)14-24-16-4-2-1-3-5-16;/h1-6,13,19H,7-12,14H2,(H,20,22);1H. The van der Waals surface area contributed by atoms with Crippen molar-refractivity contribution in [2.75, 3.05) is 39.3 Å². The van der Waals surface area contributed by atoms with Crippen molar-refractivity contribution >= 4 is 30.1 Å². The molecule has 136 valence electrons. The van der Waals surface area contributed by atoms with E-state index in [1.807, 2.05) is 24.3 Å². The number of hydrogen-bond donors (Lipinski definition) is 2. The summed E-state index contributed by atoms with van der Waals surface area (Å²) in [6.07, 6.45) is 1.59. The van der Waals surface area contributed by atoms with Crippen LogP contribution in [-0.2, 0) is 5.75 Å². The lowest BCUT2D eigenvalue weighted by molar-refractivity contribution is 0.0918. The first-order valence-corrected chi connectivity index (χ1v) is 9.27. The van der Waals surface area contributed by atoms with E-state index in [2.05, 4.69) is 27.7 Å². The van der Waals surface area contributed by atoms with Gasteiger partial charge in [0, 0.05) is 55.5 Å². The third kappa shape index (κ3) is 6.08. The fourth-order valence-corrected chi connectivity index (χ4v) is 3.57. The van der Waals surface area contributed by atoms with Gasteiger partial charge in [0.15, 0.2) is 5.76 Å². The summed E-state index contributed by atoms with van der Waals surface area (Å²) in [6, 6.07) is 12.0. The van der Waals surface area contributed by atoms with Crippen molar-refractivity contribution in [3.05, 3.63) is 54.0 Å². The van der Waals surface area contributed by atoms with E-state index in [1.54, 1.807) is 18.0 Å². The number of carbonyl (C=O) groups excluding carboxylic acids is 1. The molecule has 0 saturated carbocycles. The molecule has 1 amide bonds. The number of hydrogen-bond acceptors (Lipinski definition) is 5. The largest absolute Gasteiger partial charge is 0.459 e. The lowest BCUT2D eigenvalue weighted by atomic mass is 10.2. The third-order valence-electron chi connectivity index (χ3n) is 4.01. The molecule has 2 heterocycles. The van der Waals surface area contributed by atoms with Crippen molar-refractivity contribution in [3.63, 3.8) is 0 Å². The summed E-state index contributed by atoms with van der Waals surface area (Å²) in [5.74, 6) is 1.03. The molecular formula is C18H24ClN3O2S. The maximum Gasteiger partial charge on any atom is 0.287 e. The zero-order chi connectivity index (χ0) is 16.6. The highest BCUT2D eigenvalue weighted by molar-refractivity contribution is 7.98. The minimum absolute atomic E-state index is 0. The first-order chi connectivity index (χ1) is 11.8. The Morgan fingerprint density at radius 3 is 2.72 bits per heavy atom. The summed E-state index contributed by atoms with van der Waals surface area (Å²) < 4.78 is 5.41. The number of thioether (sulfide) groups is 1. The van der Waals surface area contributed by atoms with Gasteiger partial charge in [0.1, 0.15) is 0 Å². The van der Waals surface area contributed by atoms with E-state index in [-0.39, 0.29) is 18.3 Å². The first kappa shape index (κ1) is 19.8. The molecule has 5 nitrogen and oxygen atoms in total. The molecule has 1 aromatic heterocycles. The van der Waals surface area contributed by atoms with Gasteiger partial charge in [-0.3, -0.25) is 9.69 Å². The van der Waals surface area contributed by atoms with E-state index in [9.17, 15) is 4.79 Å². The van der Waals surface area contributed by atoms with E-state index in [4.69, 9.17) is 4.42 Å². The van der Waals surface area contributed by atoms with E-state index >= 15 is 0 Å². The normalized spacial score (nSPS) is 14.7. The van der Waals surface area contributed by atoms with E-state index in [1.165, 1.54) is 4.90 Å². The van der Waals surface area contributed by atoms with Gasteiger partial charge >= 0.3 is 0 Å². The lowest BCUT2D eigenvalue weighted by Gasteiger charge is -2.26. The van der Waals surface area contributed by atoms with Gasteiger partial charge in [-0.15, -0.1) is 24.2 Å². The van der Waals surface area contributed by atoms with E-state index < -0.39 is 0 Å². The number of furan rings is 1. The lowest BCUT2D eigenvalue weighted by Crippen LogP contribution is -2.46. The summed E-state index contributed by atoms with van der Waals surface area (Å²) >= 11 is 1.70. The Labute approximate surface area is 158 Å². The third-order valence-corrected chi connectivity index (χ3v) is 5.07. The highest BCUT2D eigenvalue weighted by Crippen LogP contribution is 2.24. The predicted octanol–water partition coefficient (Wildman–Crippen LogP) is 2.63. The topological polar surface area (TPSA) is 57.5 Å². The molecule has 0 bridgehead atoms. The Balaban J connectivity index is 0.00000225. The average molecular weight is 382 g/mol. The molecule has 25 heavy (non-hydrogen) atoms. The highest BCUT2D eigenvalue weighted by atomic mass is 35.5. The Morgan fingerprint density at radius 1 is 1.20 bits per heavy atom. The Bertz CT molecular complexity index is 645. The molecule has 1 fully saturated rings. The summed E-state index contributed by atoms with van der Waals surface area (Å²) in [5.41, 5.74) is 0.934. The molecule has 2 N–H and O–H groups in total. The fraction of sp³-hybridized carbons (Fsp3) is 0.389. The van der Waals surface area contributed by atoms with Crippen molar-refractivity contribution in [1.82, 2.24) is 15.5 Å². The van der Waals surface area contributed by atoms with Gasteiger partial charge in [-0.1, -0.05) is 18.2 Å². The molecule has 0 spiro atoms. The predicted molar refractivity (Wildman–Crippen MR) is 104 cm³/mol. The minimum atomic E-state index is -0.126. The van der Waals surface area contributed by atoms with Crippen LogP contribution in [0.4, 0.5) is 0 Å². The second-order valence-corrected chi connectivity index (χ2v) is 6.77. The van der Waals surface area contributed by atoms with Gasteiger partial charge in [-0.05, 0) is 18.2 Å². The molecule has 7 heteroatoms. The van der Waals surface area contributed by atoms with Crippen LogP contribution in [0.2, 0.25) is 0 Å². The Hall–Kier alpha value is -1.47. The zero-order valence-electron chi connectivity index (χ0n) is 14.1. The van der Waals surface area contributed by atoms with Crippen molar-refractivity contribution in [2.24, 2.45) is 0 Å². The van der Waals surface area contributed by atoms with Crippen LogP contribution >= 0.6 is 24.2 Å². The molecule has 2 aromatic rings. The van der Waals surface area contributed by atoms with Gasteiger partial charge < -0.3 is 15.1 Å². The van der Waals surface area contributed by atoms with Crippen LogP contribution in [0.5, 0.6) is 0 Å². The summed E-state index contributed by atoms with van der Waals surface area (Å²) in [5, 5.41) is 6.29. The van der Waals surface area contributed by atoms with Crippen LogP contribution in [0.3, 0.4) is 0 Å². The Kier molecular flexibility index (Phi) is 8.34. The molecule has 1 aliphatic heterocycles.